The van der Waals surface area contributed by atoms with Crippen molar-refractivity contribution in [1.29, 1.82) is 5.26 Å². The van der Waals surface area contributed by atoms with Crippen LogP contribution >= 0.6 is 11.3 Å². The molecule has 0 saturated heterocycles. The maximum Gasteiger partial charge on any atom is 0.112 e. The lowest BCUT2D eigenvalue weighted by Gasteiger charge is -2.04. The number of nitrogens with zero attached hydrogens (tertiary/aromatic N) is 3. The van der Waals surface area contributed by atoms with Crippen LogP contribution in [0.4, 0.5) is 0 Å². The van der Waals surface area contributed by atoms with Gasteiger partial charge >= 0.3 is 0 Å². The van der Waals surface area contributed by atoms with E-state index in [1.54, 1.807) is 17.5 Å². The third-order valence-electron chi connectivity index (χ3n) is 3.68. The van der Waals surface area contributed by atoms with Gasteiger partial charge in [0, 0.05) is 29.4 Å². The van der Waals surface area contributed by atoms with Crippen LogP contribution in [0, 0.1) is 17.2 Å². The van der Waals surface area contributed by atoms with Crippen molar-refractivity contribution in [1.82, 2.24) is 9.55 Å². The molecule has 0 radical (unpaired) electrons. The topological polar surface area (TPSA) is 41.6 Å². The van der Waals surface area contributed by atoms with Crippen molar-refractivity contribution in [2.24, 2.45) is 5.92 Å². The van der Waals surface area contributed by atoms with Crippen molar-refractivity contribution in [2.75, 3.05) is 0 Å². The number of thiophene rings is 1. The molecule has 116 valence electrons. The molecule has 3 nitrogen and oxygen atoms in total. The van der Waals surface area contributed by atoms with Gasteiger partial charge in [0.25, 0.3) is 0 Å². The van der Waals surface area contributed by atoms with Gasteiger partial charge in [-0.05, 0) is 29.5 Å². The summed E-state index contributed by atoms with van der Waals surface area (Å²) in [6, 6.07) is 13.0. The first-order valence-corrected chi connectivity index (χ1v) is 8.55. The lowest BCUT2D eigenvalue weighted by atomic mass is 10.0. The van der Waals surface area contributed by atoms with E-state index in [0.29, 0.717) is 5.92 Å². The number of nitriles is 1. The summed E-state index contributed by atoms with van der Waals surface area (Å²) in [6.07, 6.45) is 6.59. The largest absolute Gasteiger partial charge is 0.333 e. The molecular formula is C19H19N3S. The van der Waals surface area contributed by atoms with E-state index < -0.39 is 0 Å². The molecule has 0 fully saturated rings. The highest BCUT2D eigenvalue weighted by atomic mass is 32.1. The Labute approximate surface area is 140 Å². The van der Waals surface area contributed by atoms with Crippen LogP contribution in [0.5, 0.6) is 0 Å². The molecular weight excluding hydrogens is 302 g/mol. The Morgan fingerprint density at radius 1 is 1.26 bits per heavy atom. The molecule has 3 rings (SSSR count). The number of hydrogen-bond acceptors (Lipinski definition) is 3. The molecule has 0 atom stereocenters. The van der Waals surface area contributed by atoms with Crippen molar-refractivity contribution >= 4 is 11.3 Å². The molecule has 0 bridgehead atoms. The third kappa shape index (κ3) is 3.69. The van der Waals surface area contributed by atoms with Gasteiger partial charge in [0.05, 0.1) is 6.33 Å². The van der Waals surface area contributed by atoms with E-state index in [1.807, 2.05) is 17.1 Å². The monoisotopic (exact) mass is 321 g/mol. The summed E-state index contributed by atoms with van der Waals surface area (Å²) in [7, 11) is 0. The Kier molecular flexibility index (Phi) is 4.59. The number of aromatic nitrogens is 2. The number of hydrogen-bond donors (Lipinski definition) is 0. The third-order valence-corrected chi connectivity index (χ3v) is 4.75. The van der Waals surface area contributed by atoms with Gasteiger partial charge in [0.15, 0.2) is 0 Å². The van der Waals surface area contributed by atoms with E-state index in [4.69, 9.17) is 0 Å². The Bertz CT molecular complexity index is 805. The predicted octanol–water partition coefficient (Wildman–Crippen LogP) is 4.73. The van der Waals surface area contributed by atoms with Crippen molar-refractivity contribution < 1.29 is 0 Å². The summed E-state index contributed by atoms with van der Waals surface area (Å²) < 4.78 is 2.04. The Hall–Kier alpha value is -2.38. The zero-order valence-electron chi connectivity index (χ0n) is 13.4. The van der Waals surface area contributed by atoms with Gasteiger partial charge in [-0.2, -0.15) is 5.26 Å². The molecule has 2 heterocycles. The molecule has 0 aliphatic carbocycles. The van der Waals surface area contributed by atoms with Crippen LogP contribution in [-0.4, -0.2) is 9.55 Å². The molecule has 3 aromatic rings. The van der Waals surface area contributed by atoms with E-state index >= 15 is 0 Å². The lowest BCUT2D eigenvalue weighted by Crippen LogP contribution is -1.95. The second kappa shape index (κ2) is 6.80. The minimum Gasteiger partial charge on any atom is -0.333 e. The Morgan fingerprint density at radius 2 is 2.04 bits per heavy atom. The van der Waals surface area contributed by atoms with Crippen LogP contribution in [0.25, 0.3) is 11.1 Å². The van der Waals surface area contributed by atoms with Crippen LogP contribution in [0.1, 0.15) is 29.2 Å². The molecule has 1 aromatic carbocycles. The molecule has 0 saturated carbocycles. The van der Waals surface area contributed by atoms with Crippen molar-refractivity contribution in [3.8, 4) is 17.2 Å². The minimum absolute atomic E-state index is 0.602. The molecule has 0 aliphatic heterocycles. The molecule has 0 N–H and O–H groups in total. The van der Waals surface area contributed by atoms with E-state index in [-0.39, 0.29) is 0 Å². The standard InChI is InChI=1S/C19H19N3S/c1-14(2)9-17-10-18(19(11-20)23-17)16-5-3-15(4-6-16)12-22-8-7-21-13-22/h3-8,10,13-14H,9,12H2,1-2H3. The maximum atomic E-state index is 9.40. The molecule has 0 spiro atoms. The second-order valence-corrected chi connectivity index (χ2v) is 7.23. The SMILES string of the molecule is CC(C)Cc1cc(-c2ccc(Cn3ccnc3)cc2)c(C#N)s1. The molecule has 2 aromatic heterocycles. The first kappa shape index (κ1) is 15.5. The predicted molar refractivity (Wildman–Crippen MR) is 94.3 cm³/mol. The fraction of sp³-hybridized carbons (Fsp3) is 0.263. The zero-order valence-corrected chi connectivity index (χ0v) is 14.2. The minimum atomic E-state index is 0.602. The van der Waals surface area contributed by atoms with Crippen molar-refractivity contribution in [2.45, 2.75) is 26.8 Å². The number of benzene rings is 1. The van der Waals surface area contributed by atoms with Gasteiger partial charge in [0.2, 0.25) is 0 Å². The van der Waals surface area contributed by atoms with Crippen LogP contribution in [0.3, 0.4) is 0 Å². The van der Waals surface area contributed by atoms with Gasteiger partial charge in [0.1, 0.15) is 10.9 Å². The van der Waals surface area contributed by atoms with Crippen LogP contribution in [0.2, 0.25) is 0 Å². The quantitative estimate of drug-likeness (QED) is 0.681. The second-order valence-electron chi connectivity index (χ2n) is 6.10. The van der Waals surface area contributed by atoms with Crippen LogP contribution in [-0.2, 0) is 13.0 Å². The summed E-state index contributed by atoms with van der Waals surface area (Å²) in [4.78, 5) is 6.16. The Balaban J connectivity index is 1.84. The first-order valence-electron chi connectivity index (χ1n) is 7.73. The van der Waals surface area contributed by atoms with Crippen LogP contribution in [0.15, 0.2) is 49.1 Å². The fourth-order valence-electron chi connectivity index (χ4n) is 2.62. The molecule has 4 heteroatoms. The molecule has 0 amide bonds. The molecule has 23 heavy (non-hydrogen) atoms. The summed E-state index contributed by atoms with van der Waals surface area (Å²) in [5.74, 6) is 0.602. The van der Waals surface area contributed by atoms with Gasteiger partial charge in [-0.3, -0.25) is 0 Å². The normalized spacial score (nSPS) is 10.9. The van der Waals surface area contributed by atoms with Crippen molar-refractivity contribution in [3.05, 3.63) is 64.4 Å². The lowest BCUT2D eigenvalue weighted by molar-refractivity contribution is 0.654. The van der Waals surface area contributed by atoms with E-state index in [1.165, 1.54) is 10.4 Å². The molecule has 0 aliphatic rings. The van der Waals surface area contributed by atoms with Gasteiger partial charge in [-0.15, -0.1) is 11.3 Å². The van der Waals surface area contributed by atoms with E-state index in [0.717, 1.165) is 29.0 Å². The highest BCUT2D eigenvalue weighted by Crippen LogP contribution is 2.32. The summed E-state index contributed by atoms with van der Waals surface area (Å²) in [5, 5.41) is 9.40. The smallest absolute Gasteiger partial charge is 0.112 e. The average Bonchev–Trinajstić information content (AvgIpc) is 3.17. The average molecular weight is 321 g/mol. The Morgan fingerprint density at radius 3 is 2.65 bits per heavy atom. The number of imidazole rings is 1. The van der Waals surface area contributed by atoms with Crippen molar-refractivity contribution in [3.63, 3.8) is 0 Å². The zero-order chi connectivity index (χ0) is 16.2. The van der Waals surface area contributed by atoms with E-state index in [9.17, 15) is 5.26 Å². The number of rotatable bonds is 5. The molecule has 0 unspecified atom stereocenters. The highest BCUT2D eigenvalue weighted by molar-refractivity contribution is 7.13. The van der Waals surface area contributed by atoms with Gasteiger partial charge < -0.3 is 4.57 Å². The van der Waals surface area contributed by atoms with E-state index in [2.05, 4.69) is 55.2 Å². The summed E-state index contributed by atoms with van der Waals surface area (Å²) in [6.45, 7) is 5.22. The fourth-order valence-corrected chi connectivity index (χ4v) is 3.81. The maximum absolute atomic E-state index is 9.40. The van der Waals surface area contributed by atoms with Crippen LogP contribution < -0.4 is 0 Å². The van der Waals surface area contributed by atoms with Gasteiger partial charge in [-0.1, -0.05) is 38.1 Å². The highest BCUT2D eigenvalue weighted by Gasteiger charge is 2.12. The van der Waals surface area contributed by atoms with Gasteiger partial charge in [-0.25, -0.2) is 4.98 Å². The summed E-state index contributed by atoms with van der Waals surface area (Å²) >= 11 is 1.62. The first-order chi connectivity index (χ1) is 11.2. The summed E-state index contributed by atoms with van der Waals surface area (Å²) in [5.41, 5.74) is 3.40.